The van der Waals surface area contributed by atoms with Gasteiger partial charge in [0.15, 0.2) is 5.78 Å². The van der Waals surface area contributed by atoms with Gasteiger partial charge in [0.25, 0.3) is 0 Å². The van der Waals surface area contributed by atoms with Gasteiger partial charge >= 0.3 is 0 Å². The van der Waals surface area contributed by atoms with Crippen molar-refractivity contribution in [1.29, 1.82) is 0 Å². The Balaban J connectivity index is 2.09. The van der Waals surface area contributed by atoms with E-state index in [2.05, 4.69) is 19.2 Å². The summed E-state index contributed by atoms with van der Waals surface area (Å²) in [5.74, 6) is 0.302. The first-order chi connectivity index (χ1) is 9.02. The van der Waals surface area contributed by atoms with Crippen molar-refractivity contribution in [3.8, 4) is 0 Å². The minimum absolute atomic E-state index is 0.0126. The predicted octanol–water partition coefficient (Wildman–Crippen LogP) is 3.24. The number of ether oxygens (including phenoxy) is 1. The normalized spacial score (nSPS) is 25.6. The molecule has 1 unspecified atom stereocenters. The van der Waals surface area contributed by atoms with Crippen LogP contribution in [-0.2, 0) is 11.2 Å². The minimum Gasteiger partial charge on any atom is -0.357 e. The van der Waals surface area contributed by atoms with Gasteiger partial charge in [0.1, 0.15) is 6.23 Å². The third-order valence-corrected chi connectivity index (χ3v) is 6.11. The van der Waals surface area contributed by atoms with Gasteiger partial charge in [-0.2, -0.15) is 0 Å². The summed E-state index contributed by atoms with van der Waals surface area (Å²) in [5.41, 5.74) is 2.27. The number of Topliss-reactive ketones (excluding diaryl/α,β-unsaturated/α-hetero) is 1. The zero-order chi connectivity index (χ0) is 13.6. The molecule has 1 fully saturated rings. The number of thioether (sulfide) groups is 1. The molecule has 1 aliphatic carbocycles. The van der Waals surface area contributed by atoms with Gasteiger partial charge in [-0.1, -0.05) is 13.8 Å². The lowest BCUT2D eigenvalue weighted by molar-refractivity contribution is 0.0900. The van der Waals surface area contributed by atoms with Gasteiger partial charge in [-0.25, -0.2) is 0 Å². The predicted molar refractivity (Wildman–Crippen MR) is 79.2 cm³/mol. The first-order valence-corrected chi connectivity index (χ1v) is 8.64. The number of fused-ring (bicyclic) bond motifs is 1. The third kappa shape index (κ3) is 2.37. The summed E-state index contributed by atoms with van der Waals surface area (Å²) in [5, 5.41) is 3.37. The zero-order valence-corrected chi connectivity index (χ0v) is 13.2. The van der Waals surface area contributed by atoms with Crippen molar-refractivity contribution in [2.75, 3.05) is 19.4 Å². The second-order valence-corrected chi connectivity index (χ2v) is 8.08. The fraction of sp³-hybridized carbons (Fsp3) is 0.643. The number of carbonyl (C=O) groups is 1. The SMILES string of the molecule is CSc1sc(C2NCCO2)c2c1C(=O)CC(C)(C)C2. The van der Waals surface area contributed by atoms with E-state index in [-0.39, 0.29) is 11.6 Å². The molecule has 1 atom stereocenters. The van der Waals surface area contributed by atoms with Crippen molar-refractivity contribution >= 4 is 28.9 Å². The lowest BCUT2D eigenvalue weighted by Crippen LogP contribution is -2.28. The van der Waals surface area contributed by atoms with Gasteiger partial charge < -0.3 is 4.74 Å². The third-order valence-electron chi connectivity index (χ3n) is 3.72. The van der Waals surface area contributed by atoms with Gasteiger partial charge in [-0.05, 0) is 23.7 Å². The Kier molecular flexibility index (Phi) is 3.50. The monoisotopic (exact) mass is 297 g/mol. The minimum atomic E-state index is -0.0126. The smallest absolute Gasteiger partial charge is 0.165 e. The molecule has 3 rings (SSSR count). The van der Waals surface area contributed by atoms with Gasteiger partial charge in [-0.3, -0.25) is 10.1 Å². The number of ketones is 1. The van der Waals surface area contributed by atoms with Crippen LogP contribution in [0.5, 0.6) is 0 Å². The Bertz CT molecular complexity index is 516. The fourth-order valence-electron chi connectivity index (χ4n) is 2.93. The summed E-state index contributed by atoms with van der Waals surface area (Å²) in [4.78, 5) is 13.7. The molecule has 2 aliphatic rings. The summed E-state index contributed by atoms with van der Waals surface area (Å²) < 4.78 is 6.90. The molecule has 0 aromatic carbocycles. The van der Waals surface area contributed by atoms with Gasteiger partial charge in [0.05, 0.1) is 15.7 Å². The Hall–Kier alpha value is -0.360. The lowest BCUT2D eigenvalue weighted by Gasteiger charge is -2.30. The standard InChI is InChI=1S/C14H19NO2S2/c1-14(2)6-8-10(9(16)7-14)13(18-3)19-11(8)12-15-4-5-17-12/h12,15H,4-7H2,1-3H3. The van der Waals surface area contributed by atoms with Crippen LogP contribution < -0.4 is 5.32 Å². The maximum Gasteiger partial charge on any atom is 0.165 e. The lowest BCUT2D eigenvalue weighted by atomic mass is 9.74. The highest BCUT2D eigenvalue weighted by Crippen LogP contribution is 2.46. The van der Waals surface area contributed by atoms with Gasteiger partial charge in [0.2, 0.25) is 0 Å². The molecule has 0 radical (unpaired) electrons. The second-order valence-electron chi connectivity index (χ2n) is 5.96. The van der Waals surface area contributed by atoms with Crippen LogP contribution in [0.25, 0.3) is 0 Å². The molecule has 1 N–H and O–H groups in total. The van der Waals surface area contributed by atoms with E-state index < -0.39 is 0 Å². The van der Waals surface area contributed by atoms with Crippen molar-refractivity contribution in [2.24, 2.45) is 5.41 Å². The molecule has 1 aromatic heterocycles. The average Bonchev–Trinajstić information content (AvgIpc) is 2.93. The van der Waals surface area contributed by atoms with Gasteiger partial charge in [0, 0.05) is 18.5 Å². The number of thiophene rings is 1. The van der Waals surface area contributed by atoms with E-state index >= 15 is 0 Å². The first-order valence-electron chi connectivity index (χ1n) is 6.59. The van der Waals surface area contributed by atoms with E-state index in [1.54, 1.807) is 23.1 Å². The molecule has 1 saturated heterocycles. The molecular weight excluding hydrogens is 278 g/mol. The quantitative estimate of drug-likeness (QED) is 0.851. The van der Waals surface area contributed by atoms with Crippen LogP contribution in [0, 0.1) is 5.41 Å². The summed E-state index contributed by atoms with van der Waals surface area (Å²) in [6, 6.07) is 0. The maximum atomic E-state index is 12.4. The molecular formula is C14H19NO2S2. The molecule has 19 heavy (non-hydrogen) atoms. The van der Waals surface area contributed by atoms with Gasteiger partial charge in [-0.15, -0.1) is 23.1 Å². The zero-order valence-electron chi connectivity index (χ0n) is 11.5. The number of rotatable bonds is 2. The molecule has 0 amide bonds. The Labute approximate surface area is 122 Å². The van der Waals surface area contributed by atoms with E-state index in [9.17, 15) is 4.79 Å². The van der Waals surface area contributed by atoms with E-state index in [4.69, 9.17) is 4.74 Å². The summed E-state index contributed by atoms with van der Waals surface area (Å²) >= 11 is 3.41. The first kappa shape index (κ1) is 13.6. The van der Waals surface area contributed by atoms with E-state index in [1.165, 1.54) is 10.4 Å². The fourth-order valence-corrected chi connectivity index (χ4v) is 5.07. The van der Waals surface area contributed by atoms with E-state index in [0.29, 0.717) is 12.2 Å². The van der Waals surface area contributed by atoms with Crippen LogP contribution in [0.15, 0.2) is 4.21 Å². The highest BCUT2D eigenvalue weighted by molar-refractivity contribution is 8.00. The molecule has 1 aliphatic heterocycles. The molecule has 5 heteroatoms. The van der Waals surface area contributed by atoms with Crippen LogP contribution in [0.4, 0.5) is 0 Å². The number of nitrogens with one attached hydrogen (secondary N) is 1. The van der Waals surface area contributed by atoms with E-state index in [1.807, 2.05) is 6.26 Å². The summed E-state index contributed by atoms with van der Waals surface area (Å²) in [7, 11) is 0. The van der Waals surface area contributed by atoms with Crippen LogP contribution in [0.2, 0.25) is 0 Å². The topological polar surface area (TPSA) is 38.3 Å². The van der Waals surface area contributed by atoms with E-state index in [0.717, 1.165) is 29.3 Å². The van der Waals surface area contributed by atoms with Crippen molar-refractivity contribution in [3.63, 3.8) is 0 Å². The highest BCUT2D eigenvalue weighted by Gasteiger charge is 2.38. The Morgan fingerprint density at radius 1 is 1.42 bits per heavy atom. The molecule has 2 heterocycles. The molecule has 104 valence electrons. The van der Waals surface area contributed by atoms with Crippen molar-refractivity contribution in [1.82, 2.24) is 5.32 Å². The maximum absolute atomic E-state index is 12.4. The van der Waals surface area contributed by atoms with Crippen LogP contribution >= 0.6 is 23.1 Å². The molecule has 0 spiro atoms. The largest absolute Gasteiger partial charge is 0.357 e. The van der Waals surface area contributed by atoms with Crippen molar-refractivity contribution < 1.29 is 9.53 Å². The number of hydrogen-bond donors (Lipinski definition) is 1. The molecule has 1 aromatic rings. The van der Waals surface area contributed by atoms with Crippen molar-refractivity contribution in [2.45, 2.75) is 37.1 Å². The molecule has 3 nitrogen and oxygen atoms in total. The highest BCUT2D eigenvalue weighted by atomic mass is 32.2. The summed E-state index contributed by atoms with van der Waals surface area (Å²) in [6.45, 7) is 6.00. The average molecular weight is 297 g/mol. The number of carbonyl (C=O) groups excluding carboxylic acids is 1. The Morgan fingerprint density at radius 2 is 2.21 bits per heavy atom. The van der Waals surface area contributed by atoms with Crippen LogP contribution in [0.3, 0.4) is 0 Å². The van der Waals surface area contributed by atoms with Crippen LogP contribution in [-0.4, -0.2) is 25.2 Å². The molecule has 0 saturated carbocycles. The number of hydrogen-bond acceptors (Lipinski definition) is 5. The molecule has 0 bridgehead atoms. The summed E-state index contributed by atoms with van der Waals surface area (Å²) in [6.07, 6.45) is 3.66. The second kappa shape index (κ2) is 4.88. The van der Waals surface area contributed by atoms with Crippen molar-refractivity contribution in [3.05, 3.63) is 16.0 Å². The Morgan fingerprint density at radius 3 is 2.84 bits per heavy atom. The van der Waals surface area contributed by atoms with Crippen LogP contribution in [0.1, 0.15) is 47.3 Å².